The Balaban J connectivity index is 1.78. The van der Waals surface area contributed by atoms with E-state index < -0.39 is 5.97 Å². The fraction of sp³-hybridized carbons (Fsp3) is 0.400. The van der Waals surface area contributed by atoms with E-state index in [0.717, 1.165) is 37.1 Å². The molecule has 2 N–H and O–H groups in total. The molecule has 33 heavy (non-hydrogen) atoms. The molecule has 0 saturated carbocycles. The summed E-state index contributed by atoms with van der Waals surface area (Å²) < 4.78 is 7.10. The van der Waals surface area contributed by atoms with Gasteiger partial charge >= 0.3 is 5.97 Å². The molecular weight excluding hydrogens is 420 g/mol. The second-order valence-electron chi connectivity index (χ2n) is 8.67. The van der Waals surface area contributed by atoms with Crippen molar-refractivity contribution in [3.8, 4) is 0 Å². The normalized spacial score (nSPS) is 15.6. The van der Waals surface area contributed by atoms with Crippen LogP contribution in [0.25, 0.3) is 10.9 Å². The molecule has 0 amide bonds. The molecule has 2 aromatic carbocycles. The van der Waals surface area contributed by atoms with E-state index in [9.17, 15) is 14.7 Å². The predicted molar refractivity (Wildman–Crippen MR) is 129 cm³/mol. The first kappa shape index (κ1) is 22.8. The number of aryl methyl sites for hydroxylation is 1. The molecule has 2 heterocycles. The van der Waals surface area contributed by atoms with Crippen LogP contribution >= 0.6 is 0 Å². The molecule has 0 bridgehead atoms. The zero-order valence-corrected chi connectivity index (χ0v) is 19.5. The lowest BCUT2D eigenvalue weighted by atomic mass is 10.0. The monoisotopic (exact) mass is 450 g/mol. The number of carbonyl (C=O) groups is 1. The maximum atomic E-state index is 13.3. The minimum atomic E-state index is -0.992. The second-order valence-corrected chi connectivity index (χ2v) is 8.67. The topological polar surface area (TPSA) is 96.7 Å². The second kappa shape index (κ2) is 9.23. The Bertz CT molecular complexity index is 1250. The molecule has 4 rings (SSSR count). The molecule has 174 valence electrons. The van der Waals surface area contributed by atoms with Crippen molar-refractivity contribution < 1.29 is 14.6 Å². The third kappa shape index (κ3) is 4.43. The Hall–Kier alpha value is -3.39. The van der Waals surface area contributed by atoms with Crippen LogP contribution in [0.1, 0.15) is 47.3 Å². The largest absolute Gasteiger partial charge is 0.478 e. The van der Waals surface area contributed by atoms with Crippen molar-refractivity contribution in [2.45, 2.75) is 38.8 Å². The Morgan fingerprint density at radius 2 is 1.94 bits per heavy atom. The number of anilines is 2. The van der Waals surface area contributed by atoms with E-state index >= 15 is 0 Å². The highest BCUT2D eigenvalue weighted by Gasteiger charge is 2.24. The average molecular weight is 451 g/mol. The molecule has 1 fully saturated rings. The number of ether oxygens (including phenoxy) is 1. The van der Waals surface area contributed by atoms with Gasteiger partial charge in [-0.2, -0.15) is 0 Å². The standard InChI is InChI=1S/C25H30N4O4/c1-15-13-19(16(2)26-21-8-6-5-7-18(21)24(31)32)22-20(14-15)23(30)28(3)25(27-22)29-11-9-17(33-4)10-12-29/h5-8,13-14,16-17,26H,9-12H2,1-4H3,(H,31,32)/t16-/m0/s1. The number of fused-ring (bicyclic) bond motifs is 1. The number of rotatable bonds is 6. The molecule has 0 radical (unpaired) electrons. The van der Waals surface area contributed by atoms with Gasteiger partial charge in [-0.3, -0.25) is 9.36 Å². The summed E-state index contributed by atoms with van der Waals surface area (Å²) in [7, 11) is 3.50. The number of carboxylic acids is 1. The summed E-state index contributed by atoms with van der Waals surface area (Å²) in [6.07, 6.45) is 2.00. The van der Waals surface area contributed by atoms with Gasteiger partial charge in [-0.15, -0.1) is 0 Å². The van der Waals surface area contributed by atoms with Crippen LogP contribution in [0.3, 0.4) is 0 Å². The first-order valence-electron chi connectivity index (χ1n) is 11.2. The van der Waals surface area contributed by atoms with Crippen LogP contribution in [0.5, 0.6) is 0 Å². The fourth-order valence-corrected chi connectivity index (χ4v) is 4.55. The highest BCUT2D eigenvalue weighted by atomic mass is 16.5. The first-order valence-corrected chi connectivity index (χ1v) is 11.2. The van der Waals surface area contributed by atoms with Crippen molar-refractivity contribution in [2.75, 3.05) is 30.4 Å². The Morgan fingerprint density at radius 1 is 1.24 bits per heavy atom. The quantitative estimate of drug-likeness (QED) is 0.591. The molecule has 8 nitrogen and oxygen atoms in total. The Morgan fingerprint density at radius 3 is 2.61 bits per heavy atom. The third-order valence-electron chi connectivity index (χ3n) is 6.38. The van der Waals surface area contributed by atoms with E-state index in [4.69, 9.17) is 9.72 Å². The van der Waals surface area contributed by atoms with Crippen molar-refractivity contribution in [1.29, 1.82) is 0 Å². The van der Waals surface area contributed by atoms with E-state index in [1.54, 1.807) is 43.0 Å². The molecule has 0 aliphatic carbocycles. The number of piperidine rings is 1. The number of methoxy groups -OCH3 is 1. The number of hydrogen-bond donors (Lipinski definition) is 2. The van der Waals surface area contributed by atoms with Gasteiger partial charge in [-0.25, -0.2) is 9.78 Å². The average Bonchev–Trinajstić information content (AvgIpc) is 2.81. The predicted octanol–water partition coefficient (Wildman–Crippen LogP) is 3.73. The smallest absolute Gasteiger partial charge is 0.337 e. The van der Waals surface area contributed by atoms with Gasteiger partial charge in [0.15, 0.2) is 0 Å². The minimum Gasteiger partial charge on any atom is -0.478 e. The van der Waals surface area contributed by atoms with Gasteiger partial charge in [0.1, 0.15) is 0 Å². The molecular formula is C25H30N4O4. The Labute approximate surface area is 192 Å². The SMILES string of the molecule is COC1CCN(c2nc3c([C@H](C)Nc4ccccc4C(=O)O)cc(C)cc3c(=O)n2C)CC1. The van der Waals surface area contributed by atoms with Crippen molar-refractivity contribution in [1.82, 2.24) is 9.55 Å². The van der Waals surface area contributed by atoms with Crippen LogP contribution in [0.4, 0.5) is 11.6 Å². The van der Waals surface area contributed by atoms with E-state index in [1.807, 2.05) is 26.0 Å². The first-order chi connectivity index (χ1) is 15.8. The van der Waals surface area contributed by atoms with Crippen LogP contribution in [0.15, 0.2) is 41.2 Å². The number of para-hydroxylation sites is 1. The number of benzene rings is 2. The van der Waals surface area contributed by atoms with Crippen LogP contribution in [-0.4, -0.2) is 46.9 Å². The van der Waals surface area contributed by atoms with Crippen molar-refractivity contribution in [3.63, 3.8) is 0 Å². The van der Waals surface area contributed by atoms with Crippen LogP contribution in [0.2, 0.25) is 0 Å². The Kier molecular flexibility index (Phi) is 6.37. The summed E-state index contributed by atoms with van der Waals surface area (Å²) in [5.74, 6) is -0.349. The number of aromatic carboxylic acids is 1. The molecule has 3 aromatic rings. The van der Waals surface area contributed by atoms with Gasteiger partial charge in [-0.1, -0.05) is 18.2 Å². The highest BCUT2D eigenvalue weighted by molar-refractivity contribution is 5.94. The summed E-state index contributed by atoms with van der Waals surface area (Å²) in [6, 6.07) is 10.4. The number of nitrogens with zero attached hydrogens (tertiary/aromatic N) is 3. The van der Waals surface area contributed by atoms with E-state index in [0.29, 0.717) is 22.5 Å². The molecule has 1 saturated heterocycles. The maximum Gasteiger partial charge on any atom is 0.337 e. The van der Waals surface area contributed by atoms with Crippen molar-refractivity contribution >= 4 is 28.5 Å². The molecule has 1 aliphatic rings. The van der Waals surface area contributed by atoms with Gasteiger partial charge in [0.2, 0.25) is 5.95 Å². The van der Waals surface area contributed by atoms with Gasteiger partial charge < -0.3 is 20.1 Å². The zero-order valence-electron chi connectivity index (χ0n) is 19.5. The van der Waals surface area contributed by atoms with Gasteiger partial charge in [0.05, 0.1) is 28.6 Å². The number of hydrogen-bond acceptors (Lipinski definition) is 6. The molecule has 1 aromatic heterocycles. The molecule has 8 heteroatoms. The molecule has 1 atom stereocenters. The van der Waals surface area contributed by atoms with Gasteiger partial charge in [0.25, 0.3) is 5.56 Å². The summed E-state index contributed by atoms with van der Waals surface area (Å²) in [6.45, 7) is 5.44. The van der Waals surface area contributed by atoms with Crippen LogP contribution in [-0.2, 0) is 11.8 Å². The van der Waals surface area contributed by atoms with Crippen molar-refractivity contribution in [3.05, 3.63) is 63.4 Å². The van der Waals surface area contributed by atoms with Crippen LogP contribution in [0, 0.1) is 6.92 Å². The van der Waals surface area contributed by atoms with Gasteiger partial charge in [0, 0.05) is 38.5 Å². The third-order valence-corrected chi connectivity index (χ3v) is 6.38. The summed E-state index contributed by atoms with van der Waals surface area (Å²) in [5, 5.41) is 13.4. The zero-order chi connectivity index (χ0) is 23.7. The summed E-state index contributed by atoms with van der Waals surface area (Å²) in [5.41, 5.74) is 3.08. The number of nitrogens with one attached hydrogen (secondary N) is 1. The van der Waals surface area contributed by atoms with Gasteiger partial charge in [-0.05, 0) is 50.5 Å². The summed E-state index contributed by atoms with van der Waals surface area (Å²) in [4.78, 5) is 32.1. The lowest BCUT2D eigenvalue weighted by Crippen LogP contribution is -2.40. The van der Waals surface area contributed by atoms with E-state index in [1.165, 1.54) is 0 Å². The minimum absolute atomic E-state index is 0.0908. The number of carboxylic acid groups (broad SMARTS) is 1. The lowest BCUT2D eigenvalue weighted by molar-refractivity contribution is 0.0698. The highest BCUT2D eigenvalue weighted by Crippen LogP contribution is 2.29. The summed E-state index contributed by atoms with van der Waals surface area (Å²) >= 11 is 0. The van der Waals surface area contributed by atoms with Crippen LogP contribution < -0.4 is 15.8 Å². The molecule has 0 spiro atoms. The van der Waals surface area contributed by atoms with E-state index in [-0.39, 0.29) is 23.3 Å². The number of aromatic nitrogens is 2. The lowest BCUT2D eigenvalue weighted by Gasteiger charge is -2.33. The van der Waals surface area contributed by atoms with E-state index in [2.05, 4.69) is 10.2 Å². The fourth-order valence-electron chi connectivity index (χ4n) is 4.55. The maximum absolute atomic E-state index is 13.3. The van der Waals surface area contributed by atoms with Crippen molar-refractivity contribution in [2.24, 2.45) is 7.05 Å². The molecule has 0 unspecified atom stereocenters. The molecule has 1 aliphatic heterocycles.